The summed E-state index contributed by atoms with van der Waals surface area (Å²) in [5, 5.41) is 0. The van der Waals surface area contributed by atoms with Crippen molar-refractivity contribution < 1.29 is 9.53 Å². The van der Waals surface area contributed by atoms with E-state index in [9.17, 15) is 4.79 Å². The first kappa shape index (κ1) is 12.3. The Bertz CT molecular complexity index is 334. The van der Waals surface area contributed by atoms with Crippen LogP contribution in [0.3, 0.4) is 0 Å². The van der Waals surface area contributed by atoms with Crippen molar-refractivity contribution in [2.75, 3.05) is 6.61 Å². The smallest absolute Gasteiger partial charge is 0.123 e. The van der Waals surface area contributed by atoms with Gasteiger partial charge in [0.25, 0.3) is 0 Å². The van der Waals surface area contributed by atoms with Crippen LogP contribution in [0.1, 0.15) is 31.2 Å². The molecule has 0 saturated heterocycles. The second kappa shape index (κ2) is 6.55. The van der Waals surface area contributed by atoms with Gasteiger partial charge in [-0.3, -0.25) is 0 Å². The first-order chi connectivity index (χ1) is 8.40. The fourth-order valence-corrected chi connectivity index (χ4v) is 2.52. The number of hydrogen-bond acceptors (Lipinski definition) is 2. The zero-order valence-electron chi connectivity index (χ0n) is 10.2. The Morgan fingerprint density at radius 1 is 1.18 bits per heavy atom. The van der Waals surface area contributed by atoms with Crippen LogP contribution >= 0.6 is 0 Å². The van der Waals surface area contributed by atoms with E-state index in [1.807, 2.05) is 18.2 Å². The summed E-state index contributed by atoms with van der Waals surface area (Å²) in [6.07, 6.45) is 5.74. The maximum Gasteiger partial charge on any atom is 0.123 e. The van der Waals surface area contributed by atoms with Gasteiger partial charge < -0.3 is 9.53 Å². The van der Waals surface area contributed by atoms with E-state index in [2.05, 4.69) is 12.1 Å². The maximum absolute atomic E-state index is 10.9. The summed E-state index contributed by atoms with van der Waals surface area (Å²) in [5.74, 6) is 0.657. The third-order valence-electron chi connectivity index (χ3n) is 3.59. The minimum Gasteiger partial charge on any atom is -0.376 e. The van der Waals surface area contributed by atoms with Crippen molar-refractivity contribution >= 4 is 6.29 Å². The van der Waals surface area contributed by atoms with Crippen molar-refractivity contribution in [1.82, 2.24) is 0 Å². The number of carbonyl (C=O) groups is 1. The van der Waals surface area contributed by atoms with Crippen LogP contribution < -0.4 is 0 Å². The quantitative estimate of drug-likeness (QED) is 0.729. The highest BCUT2D eigenvalue weighted by Gasteiger charge is 2.24. The largest absolute Gasteiger partial charge is 0.376 e. The topological polar surface area (TPSA) is 26.3 Å². The van der Waals surface area contributed by atoms with E-state index in [1.54, 1.807) is 0 Å². The molecule has 1 aromatic rings. The predicted molar refractivity (Wildman–Crippen MR) is 67.6 cm³/mol. The predicted octanol–water partition coefficient (Wildman–Crippen LogP) is 3.21. The number of carbonyl (C=O) groups excluding carboxylic acids is 1. The molecule has 0 aromatic heterocycles. The summed E-state index contributed by atoms with van der Waals surface area (Å²) in [5.41, 5.74) is 1.20. The van der Waals surface area contributed by atoms with Gasteiger partial charge in [0.05, 0.1) is 13.2 Å². The highest BCUT2D eigenvalue weighted by molar-refractivity contribution is 5.54. The van der Waals surface area contributed by atoms with Crippen molar-refractivity contribution in [1.29, 1.82) is 0 Å². The Hall–Kier alpha value is -1.15. The fraction of sp³-hybridized carbons (Fsp3) is 0.533. The Morgan fingerprint density at radius 2 is 1.94 bits per heavy atom. The van der Waals surface area contributed by atoms with Gasteiger partial charge in [-0.05, 0) is 24.3 Å². The first-order valence-electron chi connectivity index (χ1n) is 6.47. The third kappa shape index (κ3) is 3.67. The minimum atomic E-state index is 0.222. The van der Waals surface area contributed by atoms with Crippen LogP contribution in [0, 0.1) is 11.8 Å². The van der Waals surface area contributed by atoms with Gasteiger partial charge in [-0.1, -0.05) is 43.2 Å². The molecule has 2 nitrogen and oxygen atoms in total. The molecule has 2 heteroatoms. The molecule has 2 rings (SSSR count). The highest BCUT2D eigenvalue weighted by Crippen LogP contribution is 2.28. The second-order valence-corrected chi connectivity index (χ2v) is 4.85. The van der Waals surface area contributed by atoms with Crippen LogP contribution in [-0.4, -0.2) is 12.9 Å². The lowest BCUT2D eigenvalue weighted by molar-refractivity contribution is -0.114. The standard InChI is InChI=1S/C15H20O2/c16-10-14-8-4-5-9-15(14)12-17-11-13-6-2-1-3-7-13/h1-3,6-7,10,14-15H,4-5,8-9,11-12H2. The van der Waals surface area contributed by atoms with E-state index in [0.29, 0.717) is 12.5 Å². The normalized spacial score (nSPS) is 24.5. The van der Waals surface area contributed by atoms with E-state index in [1.165, 1.54) is 18.4 Å². The highest BCUT2D eigenvalue weighted by atomic mass is 16.5. The summed E-state index contributed by atoms with van der Waals surface area (Å²) in [7, 11) is 0. The molecule has 0 spiro atoms. The molecule has 1 aliphatic rings. The average molecular weight is 232 g/mol. The van der Waals surface area contributed by atoms with Crippen LogP contribution in [0.2, 0.25) is 0 Å². The molecular weight excluding hydrogens is 212 g/mol. The zero-order chi connectivity index (χ0) is 11.9. The lowest BCUT2D eigenvalue weighted by Crippen LogP contribution is -2.25. The monoisotopic (exact) mass is 232 g/mol. The second-order valence-electron chi connectivity index (χ2n) is 4.85. The number of benzene rings is 1. The Labute approximate surface area is 103 Å². The Kier molecular flexibility index (Phi) is 4.75. The molecule has 1 fully saturated rings. The number of hydrogen-bond donors (Lipinski definition) is 0. The van der Waals surface area contributed by atoms with Crippen LogP contribution in [0.4, 0.5) is 0 Å². The van der Waals surface area contributed by atoms with Crippen LogP contribution in [0.25, 0.3) is 0 Å². The van der Waals surface area contributed by atoms with Gasteiger partial charge in [0, 0.05) is 5.92 Å². The molecule has 0 N–H and O–H groups in total. The van der Waals surface area contributed by atoms with E-state index in [0.717, 1.165) is 25.7 Å². The molecule has 1 aliphatic carbocycles. The van der Waals surface area contributed by atoms with Crippen molar-refractivity contribution in [3.63, 3.8) is 0 Å². The summed E-state index contributed by atoms with van der Waals surface area (Å²) < 4.78 is 5.73. The molecule has 1 saturated carbocycles. The molecule has 2 unspecified atom stereocenters. The van der Waals surface area contributed by atoms with E-state index in [4.69, 9.17) is 4.74 Å². The molecule has 0 bridgehead atoms. The fourth-order valence-electron chi connectivity index (χ4n) is 2.52. The molecule has 17 heavy (non-hydrogen) atoms. The van der Waals surface area contributed by atoms with E-state index in [-0.39, 0.29) is 5.92 Å². The van der Waals surface area contributed by atoms with Crippen molar-refractivity contribution in [3.05, 3.63) is 35.9 Å². The molecule has 2 atom stereocenters. The number of aldehydes is 1. The summed E-state index contributed by atoms with van der Waals surface area (Å²) in [6.45, 7) is 1.38. The third-order valence-corrected chi connectivity index (χ3v) is 3.59. The van der Waals surface area contributed by atoms with E-state index < -0.39 is 0 Å². The van der Waals surface area contributed by atoms with Gasteiger partial charge in [0.1, 0.15) is 6.29 Å². The van der Waals surface area contributed by atoms with Gasteiger partial charge >= 0.3 is 0 Å². The van der Waals surface area contributed by atoms with Crippen LogP contribution in [0.5, 0.6) is 0 Å². The molecular formula is C15H20O2. The zero-order valence-corrected chi connectivity index (χ0v) is 10.2. The molecule has 92 valence electrons. The molecule has 0 amide bonds. The van der Waals surface area contributed by atoms with Gasteiger partial charge in [0.15, 0.2) is 0 Å². The summed E-state index contributed by atoms with van der Waals surface area (Å²) in [4.78, 5) is 10.9. The van der Waals surface area contributed by atoms with Crippen molar-refractivity contribution in [2.24, 2.45) is 11.8 Å². The molecule has 0 radical (unpaired) electrons. The number of ether oxygens (including phenoxy) is 1. The van der Waals surface area contributed by atoms with Crippen molar-refractivity contribution in [3.8, 4) is 0 Å². The van der Waals surface area contributed by atoms with Crippen LogP contribution in [-0.2, 0) is 16.1 Å². The number of rotatable bonds is 5. The lowest BCUT2D eigenvalue weighted by Gasteiger charge is -2.27. The maximum atomic E-state index is 10.9. The van der Waals surface area contributed by atoms with Crippen molar-refractivity contribution in [2.45, 2.75) is 32.3 Å². The van der Waals surface area contributed by atoms with Gasteiger partial charge in [-0.15, -0.1) is 0 Å². The Morgan fingerprint density at radius 3 is 2.71 bits per heavy atom. The van der Waals surface area contributed by atoms with Crippen LogP contribution in [0.15, 0.2) is 30.3 Å². The van der Waals surface area contributed by atoms with Gasteiger partial charge in [-0.25, -0.2) is 0 Å². The van der Waals surface area contributed by atoms with Gasteiger partial charge in [-0.2, -0.15) is 0 Å². The van der Waals surface area contributed by atoms with Gasteiger partial charge in [0.2, 0.25) is 0 Å². The lowest BCUT2D eigenvalue weighted by atomic mass is 9.81. The first-order valence-corrected chi connectivity index (χ1v) is 6.47. The molecule has 1 aromatic carbocycles. The Balaban J connectivity index is 1.75. The molecule has 0 heterocycles. The minimum absolute atomic E-state index is 0.222. The SMILES string of the molecule is O=CC1CCCCC1COCc1ccccc1. The molecule has 0 aliphatic heterocycles. The summed E-state index contributed by atoms with van der Waals surface area (Å²) >= 11 is 0. The van der Waals surface area contributed by atoms with E-state index >= 15 is 0 Å². The summed E-state index contributed by atoms with van der Waals surface area (Å²) in [6, 6.07) is 10.2. The average Bonchev–Trinajstić information content (AvgIpc) is 2.40.